The van der Waals surface area contributed by atoms with Crippen molar-refractivity contribution in [3.05, 3.63) is 42.2 Å². The number of hydrogen-bond acceptors (Lipinski definition) is 4. The lowest BCUT2D eigenvalue weighted by Gasteiger charge is -2.10. The molecule has 2 heterocycles. The Bertz CT molecular complexity index is 554. The fourth-order valence-corrected chi connectivity index (χ4v) is 1.69. The zero-order chi connectivity index (χ0) is 15.2. The van der Waals surface area contributed by atoms with Crippen molar-refractivity contribution >= 4 is 0 Å². The van der Waals surface area contributed by atoms with Gasteiger partial charge in [0, 0.05) is 25.0 Å². The van der Waals surface area contributed by atoms with E-state index in [0.29, 0.717) is 18.3 Å². The van der Waals surface area contributed by atoms with Gasteiger partial charge in [-0.25, -0.2) is 4.98 Å². The molecule has 0 atom stereocenters. The Hall–Kier alpha value is -2.02. The van der Waals surface area contributed by atoms with Gasteiger partial charge in [0.1, 0.15) is 12.4 Å². The molecule has 114 valence electrons. The molecule has 0 aliphatic heterocycles. The Kier molecular flexibility index (Phi) is 5.21. The first-order valence-corrected chi connectivity index (χ1v) is 6.67. The Morgan fingerprint density at radius 3 is 2.71 bits per heavy atom. The number of nitrogens with one attached hydrogen (secondary N) is 1. The Morgan fingerprint density at radius 2 is 2.10 bits per heavy atom. The summed E-state index contributed by atoms with van der Waals surface area (Å²) < 4.78 is 31.5. The first-order chi connectivity index (χ1) is 10.1. The van der Waals surface area contributed by atoms with Crippen LogP contribution in [-0.4, -0.2) is 20.6 Å². The molecule has 1 N–H and O–H groups in total. The van der Waals surface area contributed by atoms with Gasteiger partial charge in [0.05, 0.1) is 11.9 Å². The quantitative estimate of drug-likeness (QED) is 0.853. The normalized spacial score (nSPS) is 11.3. The van der Waals surface area contributed by atoms with Crippen molar-refractivity contribution < 1.29 is 13.5 Å². The Balaban J connectivity index is 1.90. The highest BCUT2D eigenvalue weighted by Gasteiger charge is 2.11. The molecule has 0 aliphatic carbocycles. The summed E-state index contributed by atoms with van der Waals surface area (Å²) in [5, 5.41) is 3.26. The van der Waals surface area contributed by atoms with E-state index in [1.54, 1.807) is 12.3 Å². The number of ether oxygens (including phenoxy) is 1. The van der Waals surface area contributed by atoms with Crippen LogP contribution in [0, 0.1) is 0 Å². The van der Waals surface area contributed by atoms with Crippen LogP contribution in [0.3, 0.4) is 0 Å². The highest BCUT2D eigenvalue weighted by atomic mass is 19.3. The van der Waals surface area contributed by atoms with Crippen LogP contribution in [0.5, 0.6) is 5.75 Å². The Morgan fingerprint density at radius 1 is 1.29 bits per heavy atom. The summed E-state index contributed by atoms with van der Waals surface area (Å²) in [4.78, 5) is 8.09. The zero-order valence-electron chi connectivity index (χ0n) is 12.0. The maximum Gasteiger partial charge on any atom is 0.320 e. The topological polar surface area (TPSA) is 52.0 Å². The number of hydrogen-bond donors (Lipinski definition) is 1. The molecular formula is C14H18F2N4O. The monoisotopic (exact) mass is 296 g/mol. The minimum Gasteiger partial charge on any atom is -0.484 e. The summed E-state index contributed by atoms with van der Waals surface area (Å²) in [7, 11) is 0. The van der Waals surface area contributed by atoms with Crippen LogP contribution >= 0.6 is 0 Å². The van der Waals surface area contributed by atoms with Crippen LogP contribution in [0.1, 0.15) is 31.9 Å². The molecule has 0 saturated heterocycles. The first-order valence-electron chi connectivity index (χ1n) is 6.67. The number of rotatable bonds is 7. The summed E-state index contributed by atoms with van der Waals surface area (Å²) >= 11 is 0. The molecule has 0 aromatic carbocycles. The molecule has 0 amide bonds. The van der Waals surface area contributed by atoms with Crippen LogP contribution in [0.15, 0.2) is 30.7 Å². The minimum absolute atomic E-state index is 0.0252. The number of pyridine rings is 1. The zero-order valence-corrected chi connectivity index (χ0v) is 12.0. The fraction of sp³-hybridized carbons (Fsp3) is 0.429. The van der Waals surface area contributed by atoms with Gasteiger partial charge in [-0.05, 0) is 12.1 Å². The lowest BCUT2D eigenvalue weighted by atomic mass is 10.3. The average Bonchev–Trinajstić information content (AvgIpc) is 2.92. The van der Waals surface area contributed by atoms with Crippen molar-refractivity contribution in [3.8, 4) is 5.75 Å². The predicted molar refractivity (Wildman–Crippen MR) is 74.0 cm³/mol. The van der Waals surface area contributed by atoms with Gasteiger partial charge >= 0.3 is 6.55 Å². The highest BCUT2D eigenvalue weighted by Crippen LogP contribution is 2.15. The molecule has 0 unspecified atom stereocenters. The van der Waals surface area contributed by atoms with Crippen molar-refractivity contribution in [2.24, 2.45) is 0 Å². The van der Waals surface area contributed by atoms with E-state index in [1.807, 2.05) is 6.07 Å². The maximum absolute atomic E-state index is 12.6. The van der Waals surface area contributed by atoms with E-state index in [2.05, 4.69) is 29.1 Å². The lowest BCUT2D eigenvalue weighted by molar-refractivity contribution is 0.0632. The summed E-state index contributed by atoms with van der Waals surface area (Å²) in [6.07, 6.45) is 4.12. The largest absolute Gasteiger partial charge is 0.484 e. The highest BCUT2D eigenvalue weighted by molar-refractivity contribution is 5.20. The molecule has 0 spiro atoms. The molecule has 0 radical (unpaired) electrons. The molecule has 2 aromatic heterocycles. The van der Waals surface area contributed by atoms with Gasteiger partial charge in [0.2, 0.25) is 0 Å². The number of alkyl halides is 2. The minimum atomic E-state index is -2.62. The van der Waals surface area contributed by atoms with Crippen molar-refractivity contribution in [2.75, 3.05) is 0 Å². The third-order valence-electron chi connectivity index (χ3n) is 2.82. The van der Waals surface area contributed by atoms with Gasteiger partial charge in [0.15, 0.2) is 5.82 Å². The smallest absolute Gasteiger partial charge is 0.320 e. The molecule has 5 nitrogen and oxygen atoms in total. The van der Waals surface area contributed by atoms with Gasteiger partial charge < -0.3 is 10.1 Å². The van der Waals surface area contributed by atoms with Crippen LogP contribution in [0.25, 0.3) is 0 Å². The van der Waals surface area contributed by atoms with E-state index >= 15 is 0 Å². The molecule has 0 fully saturated rings. The summed E-state index contributed by atoms with van der Waals surface area (Å²) in [6, 6.07) is 3.99. The first kappa shape index (κ1) is 15.4. The molecule has 2 rings (SSSR count). The Labute approximate surface area is 122 Å². The van der Waals surface area contributed by atoms with E-state index in [0.717, 1.165) is 10.3 Å². The third-order valence-corrected chi connectivity index (χ3v) is 2.82. The van der Waals surface area contributed by atoms with Crippen LogP contribution < -0.4 is 10.1 Å². The summed E-state index contributed by atoms with van der Waals surface area (Å²) in [6.45, 7) is 2.15. The third kappa shape index (κ3) is 4.49. The van der Waals surface area contributed by atoms with Crippen LogP contribution in [0.2, 0.25) is 0 Å². The number of halogens is 2. The van der Waals surface area contributed by atoms with Gasteiger partial charge in [-0.3, -0.25) is 9.55 Å². The van der Waals surface area contributed by atoms with Crippen LogP contribution in [0.4, 0.5) is 8.78 Å². The van der Waals surface area contributed by atoms with E-state index < -0.39 is 6.55 Å². The van der Waals surface area contributed by atoms with E-state index in [4.69, 9.17) is 4.74 Å². The fourth-order valence-electron chi connectivity index (χ4n) is 1.69. The molecule has 0 aliphatic rings. The molecule has 2 aromatic rings. The SMILES string of the molecule is CC(C)NCc1ccc(OCc2nccn2C(F)F)cn1. The van der Waals surface area contributed by atoms with E-state index in [9.17, 15) is 8.78 Å². The second-order valence-corrected chi connectivity index (χ2v) is 4.84. The maximum atomic E-state index is 12.6. The number of aromatic nitrogens is 3. The van der Waals surface area contributed by atoms with Gasteiger partial charge in [0.25, 0.3) is 0 Å². The second kappa shape index (κ2) is 7.12. The standard InChI is InChI=1S/C14H18F2N4O/c1-10(2)18-7-11-3-4-12(8-19-11)21-9-13-17-5-6-20(13)14(15)16/h3-6,8,10,14,18H,7,9H2,1-2H3. The molecule has 0 saturated carbocycles. The van der Waals surface area contributed by atoms with Crippen molar-refractivity contribution in [2.45, 2.75) is 39.6 Å². The van der Waals surface area contributed by atoms with Gasteiger partial charge in [-0.2, -0.15) is 8.78 Å². The second-order valence-electron chi connectivity index (χ2n) is 4.84. The van der Waals surface area contributed by atoms with Gasteiger partial charge in [-0.15, -0.1) is 0 Å². The molecule has 0 bridgehead atoms. The van der Waals surface area contributed by atoms with E-state index in [1.165, 1.54) is 12.4 Å². The molecular weight excluding hydrogens is 278 g/mol. The molecule has 7 heteroatoms. The van der Waals surface area contributed by atoms with E-state index in [-0.39, 0.29) is 12.4 Å². The number of imidazole rings is 1. The predicted octanol–water partition coefficient (Wildman–Crippen LogP) is 2.75. The summed E-state index contributed by atoms with van der Waals surface area (Å²) in [5.74, 6) is 0.697. The van der Waals surface area contributed by atoms with Crippen molar-refractivity contribution in [3.63, 3.8) is 0 Å². The molecule has 21 heavy (non-hydrogen) atoms. The number of nitrogens with zero attached hydrogens (tertiary/aromatic N) is 3. The summed E-state index contributed by atoms with van der Waals surface area (Å²) in [5.41, 5.74) is 0.894. The average molecular weight is 296 g/mol. The van der Waals surface area contributed by atoms with Gasteiger partial charge in [-0.1, -0.05) is 13.8 Å². The van der Waals surface area contributed by atoms with Crippen molar-refractivity contribution in [1.82, 2.24) is 19.9 Å². The van der Waals surface area contributed by atoms with Crippen LogP contribution in [-0.2, 0) is 13.2 Å². The lowest BCUT2D eigenvalue weighted by Crippen LogP contribution is -2.22. The van der Waals surface area contributed by atoms with Crippen molar-refractivity contribution in [1.29, 1.82) is 0 Å².